The summed E-state index contributed by atoms with van der Waals surface area (Å²) in [4.78, 5) is 24.8. The van der Waals surface area contributed by atoms with E-state index in [1.54, 1.807) is 42.1 Å². The van der Waals surface area contributed by atoms with E-state index < -0.39 is 11.4 Å². The van der Waals surface area contributed by atoms with E-state index in [2.05, 4.69) is 20.3 Å². The highest BCUT2D eigenvalue weighted by molar-refractivity contribution is 5.69. The van der Waals surface area contributed by atoms with Crippen LogP contribution in [-0.4, -0.2) is 54.2 Å². The van der Waals surface area contributed by atoms with E-state index in [-0.39, 0.29) is 18.2 Å². The van der Waals surface area contributed by atoms with E-state index in [9.17, 15) is 14.3 Å². The molecule has 0 radical (unpaired) electrons. The first-order chi connectivity index (χ1) is 17.8. The molecular weight excluding hydrogens is 477 g/mol. The highest BCUT2D eigenvalue weighted by Gasteiger charge is 2.38. The van der Waals surface area contributed by atoms with E-state index >= 15 is 0 Å². The standard InChI is InChI=1S/C26H26FN7O3/c1-16-4-2-6-18(24(16)27)19-12-20(31-25(28)30-19)21-15-34(33-32-21)14-17-5-3-7-22(29-17)26(13-23(35)36)8-10-37-11-9-26/h2-7,12,15H,8-11,13-14H2,1H3,(H,35,36)(H2,28,30,31). The van der Waals surface area contributed by atoms with Gasteiger partial charge in [-0.2, -0.15) is 0 Å². The Bertz CT molecular complexity index is 1450. The molecule has 37 heavy (non-hydrogen) atoms. The van der Waals surface area contributed by atoms with Crippen LogP contribution >= 0.6 is 0 Å². The molecule has 0 bridgehead atoms. The molecule has 4 aromatic rings. The van der Waals surface area contributed by atoms with Gasteiger partial charge in [0.25, 0.3) is 0 Å². The molecule has 190 valence electrons. The number of aryl methyl sites for hydroxylation is 1. The molecule has 5 rings (SSSR count). The summed E-state index contributed by atoms with van der Waals surface area (Å²) < 4.78 is 21.8. The maximum Gasteiger partial charge on any atom is 0.304 e. The molecule has 1 fully saturated rings. The van der Waals surface area contributed by atoms with Gasteiger partial charge in [0, 0.05) is 29.9 Å². The van der Waals surface area contributed by atoms with Crippen LogP contribution in [0.3, 0.4) is 0 Å². The number of aliphatic carboxylic acids is 1. The van der Waals surface area contributed by atoms with Crippen molar-refractivity contribution in [2.24, 2.45) is 0 Å². The van der Waals surface area contributed by atoms with Crippen LogP contribution < -0.4 is 5.73 Å². The van der Waals surface area contributed by atoms with Crippen molar-refractivity contribution in [2.45, 2.75) is 38.1 Å². The van der Waals surface area contributed by atoms with Crippen LogP contribution in [0.2, 0.25) is 0 Å². The third kappa shape index (κ3) is 5.17. The van der Waals surface area contributed by atoms with Crippen LogP contribution in [0.1, 0.15) is 36.2 Å². The topological polar surface area (TPSA) is 142 Å². The summed E-state index contributed by atoms with van der Waals surface area (Å²) in [5.74, 6) is -1.23. The van der Waals surface area contributed by atoms with Crippen molar-refractivity contribution in [3.05, 3.63) is 71.4 Å². The second-order valence-electron chi connectivity index (χ2n) is 9.21. The summed E-state index contributed by atoms with van der Waals surface area (Å²) in [5, 5.41) is 17.9. The number of hydrogen-bond acceptors (Lipinski definition) is 8. The Labute approximate surface area is 212 Å². The van der Waals surface area contributed by atoms with Gasteiger partial charge in [-0.1, -0.05) is 23.4 Å². The second-order valence-corrected chi connectivity index (χ2v) is 9.21. The normalized spacial score (nSPS) is 15.0. The zero-order valence-corrected chi connectivity index (χ0v) is 20.3. The zero-order valence-electron chi connectivity index (χ0n) is 20.3. The Hall–Kier alpha value is -4.25. The van der Waals surface area contributed by atoms with Crippen molar-refractivity contribution >= 4 is 11.9 Å². The molecule has 10 nitrogen and oxygen atoms in total. The fourth-order valence-corrected chi connectivity index (χ4v) is 4.68. The smallest absolute Gasteiger partial charge is 0.304 e. The summed E-state index contributed by atoms with van der Waals surface area (Å²) in [7, 11) is 0. The minimum atomic E-state index is -0.857. The molecule has 0 atom stereocenters. The number of ether oxygens (including phenoxy) is 1. The Morgan fingerprint density at radius 3 is 2.65 bits per heavy atom. The Kier molecular flexibility index (Phi) is 6.62. The van der Waals surface area contributed by atoms with Crippen molar-refractivity contribution in [3.8, 4) is 22.6 Å². The number of nitrogen functional groups attached to an aromatic ring is 1. The van der Waals surface area contributed by atoms with Gasteiger partial charge >= 0.3 is 5.97 Å². The van der Waals surface area contributed by atoms with Crippen LogP contribution in [0.25, 0.3) is 22.6 Å². The Morgan fingerprint density at radius 1 is 1.11 bits per heavy atom. The molecule has 0 unspecified atom stereocenters. The molecule has 1 aliphatic heterocycles. The fraction of sp³-hybridized carbons (Fsp3) is 0.308. The first kappa shape index (κ1) is 24.4. The molecule has 1 saturated heterocycles. The molecule has 3 N–H and O–H groups in total. The average molecular weight is 504 g/mol. The first-order valence-corrected chi connectivity index (χ1v) is 11.9. The molecule has 0 saturated carbocycles. The van der Waals surface area contributed by atoms with E-state index in [4.69, 9.17) is 15.5 Å². The summed E-state index contributed by atoms with van der Waals surface area (Å²) in [6, 6.07) is 12.3. The number of hydrogen-bond donors (Lipinski definition) is 2. The largest absolute Gasteiger partial charge is 0.481 e. The van der Waals surface area contributed by atoms with Crippen molar-refractivity contribution in [3.63, 3.8) is 0 Å². The predicted molar refractivity (Wildman–Crippen MR) is 133 cm³/mol. The lowest BCUT2D eigenvalue weighted by Gasteiger charge is -2.35. The summed E-state index contributed by atoms with van der Waals surface area (Å²) in [6.07, 6.45) is 2.90. The number of carboxylic acids is 1. The summed E-state index contributed by atoms with van der Waals surface area (Å²) in [5.41, 5.74) is 8.87. The molecule has 1 aliphatic rings. The monoisotopic (exact) mass is 503 g/mol. The van der Waals surface area contributed by atoms with E-state index in [1.807, 2.05) is 18.2 Å². The van der Waals surface area contributed by atoms with Crippen molar-refractivity contribution < 1.29 is 19.0 Å². The molecule has 0 spiro atoms. The van der Waals surface area contributed by atoms with Gasteiger partial charge in [0.15, 0.2) is 0 Å². The van der Waals surface area contributed by atoms with E-state index in [1.165, 1.54) is 0 Å². The number of aromatic nitrogens is 6. The zero-order chi connectivity index (χ0) is 26.0. The molecular formula is C26H26FN7O3. The van der Waals surface area contributed by atoms with Crippen LogP contribution in [-0.2, 0) is 21.5 Å². The maximum atomic E-state index is 14.7. The van der Waals surface area contributed by atoms with E-state index in [0.717, 1.165) is 11.4 Å². The molecule has 3 aromatic heterocycles. The SMILES string of the molecule is Cc1cccc(-c2cc(-c3cn(Cc4cccc(C5(CC(=O)O)CCOCC5)n4)nn3)nc(N)n2)c1F. The minimum Gasteiger partial charge on any atom is -0.481 e. The lowest BCUT2D eigenvalue weighted by atomic mass is 9.74. The number of rotatable bonds is 7. The molecule has 0 aliphatic carbocycles. The number of carboxylic acid groups (broad SMARTS) is 1. The number of carbonyl (C=O) groups is 1. The minimum absolute atomic E-state index is 0.000707. The third-order valence-electron chi connectivity index (χ3n) is 6.63. The van der Waals surface area contributed by atoms with Crippen molar-refractivity contribution in [2.75, 3.05) is 18.9 Å². The van der Waals surface area contributed by atoms with Gasteiger partial charge in [-0.25, -0.2) is 19.0 Å². The highest BCUT2D eigenvalue weighted by atomic mass is 19.1. The lowest BCUT2D eigenvalue weighted by Crippen LogP contribution is -2.37. The maximum absolute atomic E-state index is 14.7. The number of pyridine rings is 1. The van der Waals surface area contributed by atoms with E-state index in [0.29, 0.717) is 60.8 Å². The van der Waals surface area contributed by atoms with Gasteiger partial charge in [-0.05, 0) is 49.6 Å². The van der Waals surface area contributed by atoms with Crippen LogP contribution in [0.4, 0.5) is 10.3 Å². The Balaban J connectivity index is 1.41. The number of nitrogens with two attached hydrogens (primary N) is 1. The molecule has 1 aromatic carbocycles. The molecule has 11 heteroatoms. The number of benzene rings is 1. The van der Waals surface area contributed by atoms with Crippen molar-refractivity contribution in [1.82, 2.24) is 29.9 Å². The third-order valence-corrected chi connectivity index (χ3v) is 6.63. The van der Waals surface area contributed by atoms with Gasteiger partial charge in [-0.3, -0.25) is 9.78 Å². The van der Waals surface area contributed by atoms with Crippen molar-refractivity contribution in [1.29, 1.82) is 0 Å². The van der Waals surface area contributed by atoms with Gasteiger partial charge in [-0.15, -0.1) is 5.10 Å². The van der Waals surface area contributed by atoms with Gasteiger partial charge in [0.05, 0.1) is 36.2 Å². The lowest BCUT2D eigenvalue weighted by molar-refractivity contribution is -0.139. The fourth-order valence-electron chi connectivity index (χ4n) is 4.68. The second kappa shape index (κ2) is 10.0. The highest BCUT2D eigenvalue weighted by Crippen LogP contribution is 2.37. The molecule has 0 amide bonds. The molecule has 4 heterocycles. The average Bonchev–Trinajstić information content (AvgIpc) is 3.34. The number of nitrogens with zero attached hydrogens (tertiary/aromatic N) is 6. The van der Waals surface area contributed by atoms with Crippen LogP contribution in [0.5, 0.6) is 0 Å². The van der Waals surface area contributed by atoms with Crippen LogP contribution in [0, 0.1) is 12.7 Å². The number of anilines is 1. The first-order valence-electron chi connectivity index (χ1n) is 11.9. The predicted octanol–water partition coefficient (Wildman–Crippen LogP) is 3.40. The summed E-state index contributed by atoms with van der Waals surface area (Å²) in [6.45, 7) is 3.01. The van der Waals surface area contributed by atoms with Gasteiger partial charge in [0.2, 0.25) is 5.95 Å². The van der Waals surface area contributed by atoms with Gasteiger partial charge in [0.1, 0.15) is 11.5 Å². The summed E-state index contributed by atoms with van der Waals surface area (Å²) >= 11 is 0. The number of halogens is 1. The van der Waals surface area contributed by atoms with Gasteiger partial charge < -0.3 is 15.6 Å². The van der Waals surface area contributed by atoms with Crippen LogP contribution in [0.15, 0.2) is 48.7 Å². The Morgan fingerprint density at radius 2 is 1.86 bits per heavy atom. The quantitative estimate of drug-likeness (QED) is 0.388.